The van der Waals surface area contributed by atoms with Gasteiger partial charge < -0.3 is 15.4 Å². The fourth-order valence-corrected chi connectivity index (χ4v) is 4.56. The van der Waals surface area contributed by atoms with Gasteiger partial charge in [-0.25, -0.2) is 4.39 Å². The van der Waals surface area contributed by atoms with Crippen molar-refractivity contribution in [2.75, 3.05) is 27.2 Å². The number of likely N-dealkylation sites (tertiary alicyclic amines) is 1. The Morgan fingerprint density at radius 2 is 1.96 bits per heavy atom. The van der Waals surface area contributed by atoms with E-state index in [1.165, 1.54) is 6.07 Å². The molecule has 2 aliphatic rings. The van der Waals surface area contributed by atoms with E-state index in [9.17, 15) is 9.18 Å². The van der Waals surface area contributed by atoms with Gasteiger partial charge in [0.25, 0.3) is 5.91 Å². The van der Waals surface area contributed by atoms with Gasteiger partial charge in [-0.2, -0.15) is 0 Å². The van der Waals surface area contributed by atoms with Crippen LogP contribution in [0.25, 0.3) is 0 Å². The molecule has 1 heterocycles. The fourth-order valence-electron chi connectivity index (χ4n) is 4.56. The summed E-state index contributed by atoms with van der Waals surface area (Å²) in [5.74, 6) is -0.790. The van der Waals surface area contributed by atoms with Crippen LogP contribution < -0.4 is 5.73 Å². The molecular formula is C17H24ClFN2O2. The summed E-state index contributed by atoms with van der Waals surface area (Å²) in [6.07, 6.45) is 3.16. The Bertz CT molecular complexity index is 582. The van der Waals surface area contributed by atoms with Crippen LogP contribution >= 0.6 is 12.4 Å². The Hall–Kier alpha value is -1.17. The summed E-state index contributed by atoms with van der Waals surface area (Å²) in [7, 11) is 3.76. The van der Waals surface area contributed by atoms with Crippen LogP contribution in [0.1, 0.15) is 35.2 Å². The fraction of sp³-hybridized carbons (Fsp3) is 0.588. The van der Waals surface area contributed by atoms with Crippen LogP contribution in [0.4, 0.5) is 4.39 Å². The molecule has 3 atom stereocenters. The molecule has 0 unspecified atom stereocenters. The number of hydrogen-bond acceptors (Lipinski definition) is 3. The van der Waals surface area contributed by atoms with Crippen molar-refractivity contribution in [3.63, 3.8) is 0 Å². The molecule has 1 aromatic carbocycles. The highest BCUT2D eigenvalue weighted by molar-refractivity contribution is 5.93. The SMILES string of the molecule is CO[C@@]1(c2cccc(C(N)=O)c2F)[C@@H]2CCC[C@H]1CN(C)C2.Cl. The molecule has 2 N–H and O–H groups in total. The Balaban J connectivity index is 0.00000192. The van der Waals surface area contributed by atoms with E-state index in [0.29, 0.717) is 5.56 Å². The smallest absolute Gasteiger partial charge is 0.251 e. The Labute approximate surface area is 142 Å². The third-order valence-electron chi connectivity index (χ3n) is 5.41. The van der Waals surface area contributed by atoms with Crippen LogP contribution in [0, 0.1) is 17.7 Å². The lowest BCUT2D eigenvalue weighted by molar-refractivity contribution is -0.167. The number of halogens is 2. The molecule has 1 amide bonds. The Morgan fingerprint density at radius 3 is 2.48 bits per heavy atom. The predicted molar refractivity (Wildman–Crippen MR) is 89.2 cm³/mol. The second-order valence-corrected chi connectivity index (χ2v) is 6.57. The van der Waals surface area contributed by atoms with Crippen molar-refractivity contribution < 1.29 is 13.9 Å². The van der Waals surface area contributed by atoms with Crippen molar-refractivity contribution >= 4 is 18.3 Å². The quantitative estimate of drug-likeness (QED) is 0.918. The third-order valence-corrected chi connectivity index (χ3v) is 5.41. The minimum absolute atomic E-state index is 0. The molecule has 23 heavy (non-hydrogen) atoms. The molecule has 1 saturated carbocycles. The molecule has 2 fully saturated rings. The first-order valence-corrected chi connectivity index (χ1v) is 7.83. The molecule has 0 spiro atoms. The minimum Gasteiger partial charge on any atom is -0.373 e. The summed E-state index contributed by atoms with van der Waals surface area (Å²) in [5.41, 5.74) is 5.10. The van der Waals surface area contributed by atoms with Crippen molar-refractivity contribution in [3.05, 3.63) is 35.1 Å². The summed E-state index contributed by atoms with van der Waals surface area (Å²) in [5, 5.41) is 0. The first-order chi connectivity index (χ1) is 10.5. The van der Waals surface area contributed by atoms with Gasteiger partial charge in [-0.3, -0.25) is 4.79 Å². The maximum absolute atomic E-state index is 14.9. The van der Waals surface area contributed by atoms with Gasteiger partial charge in [-0.15, -0.1) is 12.4 Å². The number of methoxy groups -OCH3 is 1. The number of fused-ring (bicyclic) bond motifs is 2. The number of amides is 1. The van der Waals surface area contributed by atoms with Crippen molar-refractivity contribution in [1.29, 1.82) is 0 Å². The predicted octanol–water partition coefficient (Wildman–Crippen LogP) is 2.55. The molecule has 2 bridgehead atoms. The van der Waals surface area contributed by atoms with Gasteiger partial charge in [0.05, 0.1) is 5.56 Å². The molecule has 6 heteroatoms. The van der Waals surface area contributed by atoms with Gasteiger partial charge in [0.1, 0.15) is 11.4 Å². The number of benzene rings is 1. The minimum atomic E-state index is -0.733. The first-order valence-electron chi connectivity index (χ1n) is 7.83. The number of ether oxygens (including phenoxy) is 1. The van der Waals surface area contributed by atoms with Crippen molar-refractivity contribution in [3.8, 4) is 0 Å². The van der Waals surface area contributed by atoms with Crippen molar-refractivity contribution in [1.82, 2.24) is 4.90 Å². The van der Waals surface area contributed by atoms with Gasteiger partial charge in [-0.05, 0) is 26.0 Å². The molecule has 0 aromatic heterocycles. The van der Waals surface area contributed by atoms with E-state index in [1.54, 1.807) is 19.2 Å². The normalized spacial score (nSPS) is 30.6. The highest BCUT2D eigenvalue weighted by Gasteiger charge is 2.53. The number of nitrogens with two attached hydrogens (primary N) is 1. The topological polar surface area (TPSA) is 55.6 Å². The summed E-state index contributed by atoms with van der Waals surface area (Å²) in [6, 6.07) is 4.89. The van der Waals surface area contributed by atoms with E-state index in [2.05, 4.69) is 11.9 Å². The highest BCUT2D eigenvalue weighted by Crippen LogP contribution is 2.52. The molecule has 1 saturated heterocycles. The number of carbonyl (C=O) groups excluding carboxylic acids is 1. The number of primary amides is 1. The molecular weight excluding hydrogens is 319 g/mol. The lowest BCUT2D eigenvalue weighted by Gasteiger charge is -2.54. The lowest BCUT2D eigenvalue weighted by atomic mass is 9.62. The van der Waals surface area contributed by atoms with Gasteiger partial charge in [0.2, 0.25) is 0 Å². The number of nitrogens with zero attached hydrogens (tertiary/aromatic N) is 1. The van der Waals surface area contributed by atoms with Crippen LogP contribution in [0.3, 0.4) is 0 Å². The zero-order chi connectivity index (χ0) is 15.9. The van der Waals surface area contributed by atoms with E-state index in [0.717, 1.165) is 32.4 Å². The summed E-state index contributed by atoms with van der Waals surface area (Å²) in [6.45, 7) is 1.76. The summed E-state index contributed by atoms with van der Waals surface area (Å²) < 4.78 is 20.9. The Kier molecular flexibility index (Phi) is 5.33. The van der Waals surface area contributed by atoms with Gasteiger partial charge in [0.15, 0.2) is 0 Å². The number of carbonyl (C=O) groups is 1. The van der Waals surface area contributed by atoms with E-state index in [4.69, 9.17) is 10.5 Å². The average Bonchev–Trinajstić information content (AvgIpc) is 2.46. The zero-order valence-corrected chi connectivity index (χ0v) is 14.4. The van der Waals surface area contributed by atoms with E-state index < -0.39 is 17.3 Å². The van der Waals surface area contributed by atoms with E-state index in [-0.39, 0.29) is 29.8 Å². The third kappa shape index (κ3) is 2.75. The van der Waals surface area contributed by atoms with Gasteiger partial charge in [-0.1, -0.05) is 18.6 Å². The van der Waals surface area contributed by atoms with Gasteiger partial charge >= 0.3 is 0 Å². The second kappa shape index (κ2) is 6.75. The Morgan fingerprint density at radius 1 is 1.35 bits per heavy atom. The maximum Gasteiger partial charge on any atom is 0.251 e. The lowest BCUT2D eigenvalue weighted by Crippen LogP contribution is -2.58. The summed E-state index contributed by atoms with van der Waals surface area (Å²) in [4.78, 5) is 13.8. The molecule has 3 rings (SSSR count). The number of piperidine rings is 1. The highest BCUT2D eigenvalue weighted by atomic mass is 35.5. The maximum atomic E-state index is 14.9. The molecule has 1 aromatic rings. The molecule has 0 radical (unpaired) electrons. The zero-order valence-electron chi connectivity index (χ0n) is 13.5. The van der Waals surface area contributed by atoms with E-state index >= 15 is 0 Å². The van der Waals surface area contributed by atoms with Crippen LogP contribution in [-0.2, 0) is 10.3 Å². The molecule has 1 aliphatic heterocycles. The number of hydrogen-bond donors (Lipinski definition) is 1. The molecule has 4 nitrogen and oxygen atoms in total. The first kappa shape index (κ1) is 18.2. The average molecular weight is 343 g/mol. The van der Waals surface area contributed by atoms with Crippen molar-refractivity contribution in [2.24, 2.45) is 17.6 Å². The van der Waals surface area contributed by atoms with Crippen LogP contribution in [-0.4, -0.2) is 38.1 Å². The molecule has 128 valence electrons. The van der Waals surface area contributed by atoms with Crippen LogP contribution in [0.2, 0.25) is 0 Å². The van der Waals surface area contributed by atoms with Crippen LogP contribution in [0.5, 0.6) is 0 Å². The second-order valence-electron chi connectivity index (χ2n) is 6.57. The summed E-state index contributed by atoms with van der Waals surface area (Å²) >= 11 is 0. The number of rotatable bonds is 3. The molecule has 1 aliphatic carbocycles. The van der Waals surface area contributed by atoms with E-state index in [1.807, 2.05) is 0 Å². The van der Waals surface area contributed by atoms with Gasteiger partial charge in [0, 0.05) is 37.6 Å². The van der Waals surface area contributed by atoms with Crippen molar-refractivity contribution in [2.45, 2.75) is 24.9 Å². The largest absolute Gasteiger partial charge is 0.373 e. The standard InChI is InChI=1S/C17H23FN2O2.ClH/c1-20-9-11-5-3-6-12(10-20)17(11,22-2)14-8-4-7-13(15(14)18)16(19)21;/h4,7-8,11-12H,3,5-6,9-10H2,1-2H3,(H2,19,21);1H/t11-,12+,17+;. The van der Waals surface area contributed by atoms with Crippen LogP contribution in [0.15, 0.2) is 18.2 Å². The monoisotopic (exact) mass is 342 g/mol.